The first-order valence-corrected chi connectivity index (χ1v) is 8.13. The van der Waals surface area contributed by atoms with Crippen molar-refractivity contribution in [2.45, 2.75) is 0 Å². The number of hydrogen-bond donors (Lipinski definition) is 2. The van der Waals surface area contributed by atoms with Crippen molar-refractivity contribution in [2.24, 2.45) is 0 Å². The van der Waals surface area contributed by atoms with Crippen LogP contribution in [0.1, 0.15) is 0 Å². The second-order valence-electron chi connectivity index (χ2n) is 6.07. The van der Waals surface area contributed by atoms with E-state index < -0.39 is 0 Å². The van der Waals surface area contributed by atoms with Crippen molar-refractivity contribution < 1.29 is 0 Å². The summed E-state index contributed by atoms with van der Waals surface area (Å²) in [6, 6.07) is 25.9. The van der Waals surface area contributed by atoms with E-state index in [-0.39, 0.29) is 0 Å². The quantitative estimate of drug-likeness (QED) is 0.402. The van der Waals surface area contributed by atoms with Gasteiger partial charge < -0.3 is 9.97 Å². The Labute approximate surface area is 139 Å². The normalized spacial score (nSPS) is 11.3. The fourth-order valence-corrected chi connectivity index (χ4v) is 3.53. The number of aromatic amines is 2. The highest BCUT2D eigenvalue weighted by atomic mass is 14.7. The maximum atomic E-state index is 3.29. The van der Waals surface area contributed by atoms with Gasteiger partial charge in [0.1, 0.15) is 0 Å². The van der Waals surface area contributed by atoms with Gasteiger partial charge in [0.2, 0.25) is 0 Å². The lowest BCUT2D eigenvalue weighted by Gasteiger charge is -2.08. The Morgan fingerprint density at radius 2 is 1.00 bits per heavy atom. The molecule has 24 heavy (non-hydrogen) atoms. The molecule has 2 aromatic heterocycles. The topological polar surface area (TPSA) is 31.6 Å². The van der Waals surface area contributed by atoms with Crippen LogP contribution in [0.5, 0.6) is 0 Å². The molecular weight excluding hydrogens is 292 g/mol. The second-order valence-corrected chi connectivity index (χ2v) is 6.07. The van der Waals surface area contributed by atoms with E-state index >= 15 is 0 Å². The Morgan fingerprint density at radius 3 is 1.54 bits per heavy atom. The molecule has 2 N–H and O–H groups in total. The third-order valence-electron chi connectivity index (χ3n) is 4.67. The van der Waals surface area contributed by atoms with Gasteiger partial charge in [-0.15, -0.1) is 0 Å². The molecule has 0 amide bonds. The number of nitrogens with one attached hydrogen (secondary N) is 2. The van der Waals surface area contributed by atoms with Crippen molar-refractivity contribution in [3.8, 4) is 22.3 Å². The minimum atomic E-state index is 1.17. The summed E-state index contributed by atoms with van der Waals surface area (Å²) in [5.74, 6) is 0. The highest BCUT2D eigenvalue weighted by molar-refractivity contribution is 5.98. The zero-order chi connectivity index (χ0) is 15.9. The van der Waals surface area contributed by atoms with E-state index in [9.17, 15) is 0 Å². The Hall–Kier alpha value is -3.26. The maximum Gasteiger partial charge on any atom is 0.0460 e. The lowest BCUT2D eigenvalue weighted by atomic mass is 9.96. The first-order chi connectivity index (χ1) is 11.9. The van der Waals surface area contributed by atoms with Crippen molar-refractivity contribution >= 4 is 21.8 Å². The molecule has 3 aromatic carbocycles. The predicted octanol–water partition coefficient (Wildman–Crippen LogP) is 5.98. The summed E-state index contributed by atoms with van der Waals surface area (Å²) < 4.78 is 0. The smallest absolute Gasteiger partial charge is 0.0460 e. The van der Waals surface area contributed by atoms with Crippen molar-refractivity contribution in [3.63, 3.8) is 0 Å². The van der Waals surface area contributed by atoms with Gasteiger partial charge in [0, 0.05) is 34.2 Å². The van der Waals surface area contributed by atoms with Crippen LogP contribution in [-0.2, 0) is 0 Å². The fourth-order valence-electron chi connectivity index (χ4n) is 3.53. The molecule has 0 aliphatic carbocycles. The highest BCUT2D eigenvalue weighted by Gasteiger charge is 2.08. The minimum absolute atomic E-state index is 1.17. The number of fused-ring (bicyclic) bond motifs is 2. The molecule has 0 fully saturated rings. The molecule has 0 aliphatic rings. The SMILES string of the molecule is c1cc(-c2cccc3[nH]ccc23)cc(-c2cccc3[nH]ccc23)c1. The lowest BCUT2D eigenvalue weighted by molar-refractivity contribution is 1.48. The van der Waals surface area contributed by atoms with E-state index in [0.29, 0.717) is 0 Å². The number of benzene rings is 3. The van der Waals surface area contributed by atoms with Crippen molar-refractivity contribution in [1.82, 2.24) is 9.97 Å². The molecule has 0 radical (unpaired) electrons. The van der Waals surface area contributed by atoms with E-state index in [1.807, 2.05) is 12.4 Å². The summed E-state index contributed by atoms with van der Waals surface area (Å²) in [7, 11) is 0. The van der Waals surface area contributed by atoms with Crippen LogP contribution in [0.3, 0.4) is 0 Å². The average Bonchev–Trinajstić information content (AvgIpc) is 3.30. The highest BCUT2D eigenvalue weighted by Crippen LogP contribution is 2.33. The number of H-pyrrole nitrogens is 2. The van der Waals surface area contributed by atoms with Gasteiger partial charge >= 0.3 is 0 Å². The summed E-state index contributed by atoms with van der Waals surface area (Å²) in [4.78, 5) is 6.59. The van der Waals surface area contributed by atoms with Crippen LogP contribution in [0.2, 0.25) is 0 Å². The van der Waals surface area contributed by atoms with Crippen LogP contribution in [0.15, 0.2) is 85.2 Å². The summed E-state index contributed by atoms with van der Waals surface area (Å²) in [6.45, 7) is 0. The minimum Gasteiger partial charge on any atom is -0.361 e. The van der Waals surface area contributed by atoms with E-state index in [2.05, 4.69) is 82.8 Å². The van der Waals surface area contributed by atoms with Crippen LogP contribution in [0, 0.1) is 0 Å². The fraction of sp³-hybridized carbons (Fsp3) is 0. The standard InChI is InChI=1S/C22H16N2/c1-4-15(17-6-2-8-21-19(17)10-12-23-21)14-16(5-1)18-7-3-9-22-20(18)11-13-24-22/h1-14,23-24H. The van der Waals surface area contributed by atoms with Crippen LogP contribution in [0.4, 0.5) is 0 Å². The Bertz CT molecular complexity index is 1070. The first kappa shape index (κ1) is 13.2. The van der Waals surface area contributed by atoms with Gasteiger partial charge in [0.05, 0.1) is 0 Å². The Balaban J connectivity index is 1.72. The molecule has 0 saturated heterocycles. The van der Waals surface area contributed by atoms with Gasteiger partial charge in [0.15, 0.2) is 0 Å². The maximum absolute atomic E-state index is 3.29. The van der Waals surface area contributed by atoms with E-state index in [0.717, 1.165) is 0 Å². The first-order valence-electron chi connectivity index (χ1n) is 8.13. The van der Waals surface area contributed by atoms with Gasteiger partial charge in [-0.05, 0) is 52.6 Å². The summed E-state index contributed by atoms with van der Waals surface area (Å²) in [5.41, 5.74) is 7.35. The second kappa shape index (κ2) is 5.14. The molecule has 0 atom stereocenters. The molecule has 0 aliphatic heterocycles. The molecule has 0 spiro atoms. The predicted molar refractivity (Wildman–Crippen MR) is 101 cm³/mol. The summed E-state index contributed by atoms with van der Waals surface area (Å²) >= 11 is 0. The summed E-state index contributed by atoms with van der Waals surface area (Å²) in [5, 5.41) is 2.52. The Kier molecular flexibility index (Phi) is 2.83. The Morgan fingerprint density at radius 1 is 0.500 bits per heavy atom. The van der Waals surface area contributed by atoms with E-state index in [4.69, 9.17) is 0 Å². The van der Waals surface area contributed by atoms with Gasteiger partial charge in [-0.2, -0.15) is 0 Å². The van der Waals surface area contributed by atoms with Gasteiger partial charge in [0.25, 0.3) is 0 Å². The van der Waals surface area contributed by atoms with Gasteiger partial charge in [-0.1, -0.05) is 42.5 Å². The van der Waals surface area contributed by atoms with Crippen molar-refractivity contribution in [3.05, 3.63) is 85.2 Å². The molecule has 2 heterocycles. The van der Waals surface area contributed by atoms with Crippen molar-refractivity contribution in [1.29, 1.82) is 0 Å². The van der Waals surface area contributed by atoms with Gasteiger partial charge in [-0.3, -0.25) is 0 Å². The average molecular weight is 308 g/mol. The van der Waals surface area contributed by atoms with Crippen LogP contribution in [0.25, 0.3) is 44.1 Å². The summed E-state index contributed by atoms with van der Waals surface area (Å²) in [6.07, 6.45) is 4.00. The number of rotatable bonds is 2. The molecule has 0 unspecified atom stereocenters. The lowest BCUT2D eigenvalue weighted by Crippen LogP contribution is -1.83. The third kappa shape index (κ3) is 1.97. The molecule has 2 nitrogen and oxygen atoms in total. The molecule has 0 bridgehead atoms. The molecular formula is C22H16N2. The van der Waals surface area contributed by atoms with Crippen LogP contribution in [-0.4, -0.2) is 9.97 Å². The number of hydrogen-bond acceptors (Lipinski definition) is 0. The van der Waals surface area contributed by atoms with Crippen LogP contribution >= 0.6 is 0 Å². The monoisotopic (exact) mass is 308 g/mol. The molecule has 2 heteroatoms. The molecule has 5 aromatic rings. The third-order valence-corrected chi connectivity index (χ3v) is 4.67. The number of aromatic nitrogens is 2. The molecule has 5 rings (SSSR count). The van der Waals surface area contributed by atoms with Gasteiger partial charge in [-0.25, -0.2) is 0 Å². The van der Waals surface area contributed by atoms with Crippen molar-refractivity contribution in [2.75, 3.05) is 0 Å². The van der Waals surface area contributed by atoms with E-state index in [1.54, 1.807) is 0 Å². The zero-order valence-corrected chi connectivity index (χ0v) is 13.1. The molecule has 0 saturated carbocycles. The largest absolute Gasteiger partial charge is 0.361 e. The van der Waals surface area contributed by atoms with E-state index in [1.165, 1.54) is 44.1 Å². The van der Waals surface area contributed by atoms with Crippen LogP contribution < -0.4 is 0 Å². The molecule has 114 valence electrons. The zero-order valence-electron chi connectivity index (χ0n) is 13.1.